The maximum absolute atomic E-state index is 6.24. The minimum absolute atomic E-state index is 0.301. The molecule has 0 amide bonds. The molecule has 0 spiro atoms. The fourth-order valence-electron chi connectivity index (χ4n) is 3.25. The molecule has 1 aromatic heterocycles. The van der Waals surface area contributed by atoms with Crippen molar-refractivity contribution < 1.29 is 4.74 Å². The monoisotopic (exact) mass is 391 g/mol. The average Bonchev–Trinajstić information content (AvgIpc) is 2.68. The molecule has 0 atom stereocenters. The second-order valence-electron chi connectivity index (χ2n) is 7.36. The van der Waals surface area contributed by atoms with E-state index in [1.807, 2.05) is 43.5 Å². The molecule has 0 unspecified atom stereocenters. The van der Waals surface area contributed by atoms with Gasteiger partial charge in [-0.05, 0) is 37.8 Å². The maximum atomic E-state index is 6.24. The van der Waals surface area contributed by atoms with Crippen LogP contribution in [0.1, 0.15) is 36.1 Å². The van der Waals surface area contributed by atoms with Gasteiger partial charge in [0.25, 0.3) is 0 Å². The second kappa shape index (κ2) is 9.28. The first-order valence-electron chi connectivity index (χ1n) is 9.82. The van der Waals surface area contributed by atoms with Gasteiger partial charge in [0.05, 0.1) is 12.8 Å². The van der Waals surface area contributed by atoms with Gasteiger partial charge >= 0.3 is 0 Å². The summed E-state index contributed by atoms with van der Waals surface area (Å²) in [6, 6.07) is 9.76. The molecular weight excluding hydrogens is 362 g/mol. The van der Waals surface area contributed by atoms with Gasteiger partial charge in [-0.25, -0.2) is 0 Å². The van der Waals surface area contributed by atoms with Crippen molar-refractivity contribution in [2.45, 2.75) is 26.2 Å². The molecule has 0 bridgehead atoms. The maximum Gasteiger partial charge on any atom is 0.184 e. The second-order valence-corrected chi connectivity index (χ2v) is 7.36. The van der Waals surface area contributed by atoms with E-state index < -0.39 is 0 Å². The van der Waals surface area contributed by atoms with Crippen LogP contribution in [0.25, 0.3) is 22.9 Å². The smallest absolute Gasteiger partial charge is 0.184 e. The summed E-state index contributed by atoms with van der Waals surface area (Å²) in [5.41, 5.74) is 23.7. The number of aliphatic imine (C=N–C) groups is 1. The molecule has 1 aliphatic carbocycles. The zero-order valence-corrected chi connectivity index (χ0v) is 17.1. The summed E-state index contributed by atoms with van der Waals surface area (Å²) in [5.74, 6) is 1.01. The van der Waals surface area contributed by atoms with Gasteiger partial charge in [0, 0.05) is 58.7 Å². The Hall–Kier alpha value is -3.28. The zero-order valence-electron chi connectivity index (χ0n) is 17.1. The van der Waals surface area contributed by atoms with Crippen LogP contribution in [0.5, 0.6) is 0 Å². The summed E-state index contributed by atoms with van der Waals surface area (Å²) in [6.45, 7) is 2.81. The molecule has 29 heavy (non-hydrogen) atoms. The van der Waals surface area contributed by atoms with Crippen molar-refractivity contribution in [3.8, 4) is 11.3 Å². The fourth-order valence-corrected chi connectivity index (χ4v) is 3.25. The first kappa shape index (κ1) is 20.5. The number of rotatable bonds is 7. The Balaban J connectivity index is 1.95. The summed E-state index contributed by atoms with van der Waals surface area (Å²) in [6.07, 6.45) is 8.98. The van der Waals surface area contributed by atoms with Crippen molar-refractivity contribution >= 4 is 23.6 Å². The van der Waals surface area contributed by atoms with Crippen molar-refractivity contribution in [1.82, 2.24) is 4.98 Å². The molecule has 3 rings (SSSR count). The number of allylic oxidation sites excluding steroid dienone is 1. The number of aryl methyl sites for hydroxylation is 1. The molecule has 6 N–H and O–H groups in total. The number of nitrogens with two attached hydrogens (primary N) is 3. The third-order valence-electron chi connectivity index (χ3n) is 5.24. The lowest BCUT2D eigenvalue weighted by Crippen LogP contribution is -2.14. The Labute approximate surface area is 172 Å². The summed E-state index contributed by atoms with van der Waals surface area (Å²) in [4.78, 5) is 9.36. The molecule has 6 heteroatoms. The number of pyridine rings is 1. The summed E-state index contributed by atoms with van der Waals surface area (Å²) in [5, 5.41) is 0. The Morgan fingerprint density at radius 2 is 2.07 bits per heavy atom. The Kier molecular flexibility index (Phi) is 6.54. The molecule has 1 aromatic carbocycles. The molecule has 0 aliphatic heterocycles. The topological polar surface area (TPSA) is 113 Å². The van der Waals surface area contributed by atoms with Gasteiger partial charge in [0.1, 0.15) is 0 Å². The molecular formula is C23H29N5O. The average molecular weight is 392 g/mol. The highest BCUT2D eigenvalue weighted by Gasteiger charge is 2.16. The van der Waals surface area contributed by atoms with E-state index in [2.05, 4.69) is 4.99 Å². The number of nitrogens with zero attached hydrogens (tertiary/aromatic N) is 2. The highest BCUT2D eigenvalue weighted by atomic mass is 16.5. The van der Waals surface area contributed by atoms with E-state index in [1.165, 1.54) is 26.4 Å². The molecule has 1 fully saturated rings. The number of anilines is 1. The van der Waals surface area contributed by atoms with Crippen LogP contribution in [0.3, 0.4) is 0 Å². The Morgan fingerprint density at radius 1 is 1.28 bits per heavy atom. The van der Waals surface area contributed by atoms with E-state index in [-0.39, 0.29) is 0 Å². The van der Waals surface area contributed by atoms with Gasteiger partial charge < -0.3 is 21.9 Å². The predicted molar refractivity (Wildman–Crippen MR) is 121 cm³/mol. The molecule has 152 valence electrons. The molecule has 6 nitrogen and oxygen atoms in total. The summed E-state index contributed by atoms with van der Waals surface area (Å²) < 4.78 is 5.01. The largest absolute Gasteiger partial charge is 0.483 e. The van der Waals surface area contributed by atoms with Crippen LogP contribution in [0.2, 0.25) is 0 Å². The van der Waals surface area contributed by atoms with Crippen LogP contribution in [0.4, 0.5) is 5.69 Å². The minimum atomic E-state index is 0.301. The van der Waals surface area contributed by atoms with Gasteiger partial charge in [-0.15, -0.1) is 0 Å². The molecule has 1 heterocycles. The van der Waals surface area contributed by atoms with Gasteiger partial charge in [0.15, 0.2) is 5.88 Å². The quantitative estimate of drug-likeness (QED) is 0.378. The molecule has 1 aliphatic rings. The number of hydrogen-bond acceptors (Lipinski definition) is 6. The minimum Gasteiger partial charge on any atom is -0.483 e. The highest BCUT2D eigenvalue weighted by molar-refractivity contribution is 6.11. The van der Waals surface area contributed by atoms with Crippen LogP contribution >= 0.6 is 0 Å². The number of benzene rings is 1. The van der Waals surface area contributed by atoms with Gasteiger partial charge in [-0.2, -0.15) is 0 Å². The van der Waals surface area contributed by atoms with Crippen molar-refractivity contribution in [3.63, 3.8) is 0 Å². The van der Waals surface area contributed by atoms with Crippen molar-refractivity contribution in [2.75, 3.05) is 19.4 Å². The van der Waals surface area contributed by atoms with Gasteiger partial charge in [-0.3, -0.25) is 9.98 Å². The summed E-state index contributed by atoms with van der Waals surface area (Å²) in [7, 11) is 1.52. The first-order valence-corrected chi connectivity index (χ1v) is 9.82. The normalized spacial score (nSPS) is 15.5. The number of nitrogen functional groups attached to an aromatic ring is 1. The highest BCUT2D eigenvalue weighted by Crippen LogP contribution is 2.30. The lowest BCUT2D eigenvalue weighted by atomic mass is 9.86. The van der Waals surface area contributed by atoms with Gasteiger partial charge in [0.2, 0.25) is 0 Å². The Morgan fingerprint density at radius 3 is 2.69 bits per heavy atom. The number of hydrogen-bond donors (Lipinski definition) is 3. The van der Waals surface area contributed by atoms with E-state index in [1.54, 1.807) is 12.3 Å². The first-order chi connectivity index (χ1) is 14.0. The standard InChI is InChI=1S/C23H29N5O/c1-15-6-9-20(19(12-24)14-27-13-16-4-3-5-16)23(28-15)18-8-7-17(21(25)10-18)11-22(26)29-2/h6-12,14,16H,3-5,13,24-26H2,1-2H3/b19-12+,22-11+,27-14?. The fraction of sp³-hybridized carbons (Fsp3) is 0.304. The summed E-state index contributed by atoms with van der Waals surface area (Å²) >= 11 is 0. The van der Waals surface area contributed by atoms with E-state index in [4.69, 9.17) is 26.9 Å². The molecule has 2 aromatic rings. The Bertz CT molecular complexity index is 958. The van der Waals surface area contributed by atoms with Crippen LogP contribution in [-0.2, 0) is 4.74 Å². The zero-order chi connectivity index (χ0) is 20.8. The lowest BCUT2D eigenvalue weighted by molar-refractivity contribution is 0.291. The van der Waals surface area contributed by atoms with Crippen LogP contribution in [-0.4, -0.2) is 24.9 Å². The van der Waals surface area contributed by atoms with E-state index in [9.17, 15) is 0 Å². The number of methoxy groups -OCH3 is 1. The van der Waals surface area contributed by atoms with E-state index >= 15 is 0 Å². The molecule has 1 saturated carbocycles. The van der Waals surface area contributed by atoms with Crippen molar-refractivity contribution in [3.05, 3.63) is 59.2 Å². The third-order valence-corrected chi connectivity index (χ3v) is 5.24. The van der Waals surface area contributed by atoms with Crippen LogP contribution in [0.15, 0.2) is 47.4 Å². The van der Waals surface area contributed by atoms with Gasteiger partial charge in [-0.1, -0.05) is 24.6 Å². The van der Waals surface area contributed by atoms with E-state index in [0.29, 0.717) is 17.5 Å². The molecule has 0 radical (unpaired) electrons. The third kappa shape index (κ3) is 4.96. The number of aromatic nitrogens is 1. The van der Waals surface area contributed by atoms with Crippen LogP contribution in [0, 0.1) is 12.8 Å². The SMILES string of the molecule is CO/C(N)=C/c1ccc(-c2nc(C)ccc2/C(C=NCC2CCC2)=C/N)cc1N. The molecule has 0 saturated heterocycles. The van der Waals surface area contributed by atoms with Crippen LogP contribution < -0.4 is 17.2 Å². The predicted octanol–water partition coefficient (Wildman–Crippen LogP) is 3.71. The van der Waals surface area contributed by atoms with Crippen molar-refractivity contribution in [1.29, 1.82) is 0 Å². The van der Waals surface area contributed by atoms with E-state index in [0.717, 1.165) is 40.2 Å². The number of ether oxygens (including phenoxy) is 1. The van der Waals surface area contributed by atoms with Crippen molar-refractivity contribution in [2.24, 2.45) is 22.4 Å². The lowest BCUT2D eigenvalue weighted by Gasteiger charge is -2.22.